The molecule has 0 fully saturated rings. The second-order valence-corrected chi connectivity index (χ2v) is 7.91. The first-order valence-electron chi connectivity index (χ1n) is 10.6. The highest BCUT2D eigenvalue weighted by Crippen LogP contribution is 2.26. The van der Waals surface area contributed by atoms with Crippen LogP contribution in [-0.2, 0) is 24.3 Å². The Morgan fingerprint density at radius 3 is 2.97 bits per heavy atom. The number of aromatic nitrogens is 5. The van der Waals surface area contributed by atoms with Gasteiger partial charge in [0, 0.05) is 55.3 Å². The molecule has 0 saturated carbocycles. The van der Waals surface area contributed by atoms with E-state index in [4.69, 9.17) is 4.74 Å². The average molecular weight is 432 g/mol. The van der Waals surface area contributed by atoms with Crippen molar-refractivity contribution in [1.29, 1.82) is 0 Å². The van der Waals surface area contributed by atoms with E-state index in [1.807, 2.05) is 49.8 Å². The Morgan fingerprint density at radius 2 is 2.09 bits per heavy atom. The molecular formula is C23H24N6O3. The molecule has 1 aromatic carbocycles. The molecule has 0 aliphatic carbocycles. The first kappa shape index (κ1) is 20.3. The molecule has 164 valence electrons. The van der Waals surface area contributed by atoms with Crippen molar-refractivity contribution in [3.63, 3.8) is 0 Å². The predicted molar refractivity (Wildman–Crippen MR) is 116 cm³/mol. The van der Waals surface area contributed by atoms with Crippen molar-refractivity contribution in [2.24, 2.45) is 0 Å². The number of aliphatic hydroxyl groups is 1. The van der Waals surface area contributed by atoms with E-state index in [0.29, 0.717) is 25.3 Å². The molecule has 9 nitrogen and oxygen atoms in total. The summed E-state index contributed by atoms with van der Waals surface area (Å²) < 4.78 is 8.62. The van der Waals surface area contributed by atoms with Gasteiger partial charge in [0.15, 0.2) is 11.5 Å². The van der Waals surface area contributed by atoms with Crippen LogP contribution in [0.15, 0.2) is 49.1 Å². The minimum Gasteiger partial charge on any atom is -0.457 e. The van der Waals surface area contributed by atoms with E-state index in [9.17, 15) is 9.90 Å². The van der Waals surface area contributed by atoms with Crippen molar-refractivity contribution >= 4 is 11.6 Å². The fraction of sp³-hybridized carbons (Fsp3) is 0.304. The van der Waals surface area contributed by atoms with Gasteiger partial charge in [-0.15, -0.1) is 0 Å². The maximum Gasteiger partial charge on any atom is 0.338 e. The molecule has 9 heteroatoms. The second kappa shape index (κ2) is 8.52. The molecule has 1 aliphatic rings. The zero-order chi connectivity index (χ0) is 22.1. The summed E-state index contributed by atoms with van der Waals surface area (Å²) >= 11 is 0. The molecule has 3 aromatic heterocycles. The molecule has 0 atom stereocenters. The predicted octanol–water partition coefficient (Wildman–Crippen LogP) is 1.93. The van der Waals surface area contributed by atoms with Gasteiger partial charge in [0.05, 0.1) is 24.6 Å². The number of carbonyl (C=O) groups is 1. The Morgan fingerprint density at radius 1 is 1.19 bits per heavy atom. The maximum atomic E-state index is 11.8. The number of aliphatic hydroxyl groups excluding tert-OH is 1. The fourth-order valence-corrected chi connectivity index (χ4v) is 4.11. The molecule has 1 aliphatic heterocycles. The minimum atomic E-state index is -0.240. The minimum absolute atomic E-state index is 0.0824. The van der Waals surface area contributed by atoms with Gasteiger partial charge in [-0.1, -0.05) is 6.07 Å². The fourth-order valence-electron chi connectivity index (χ4n) is 4.11. The van der Waals surface area contributed by atoms with Crippen LogP contribution in [0.4, 0.5) is 0 Å². The molecule has 4 heterocycles. The number of rotatable bonds is 8. The lowest BCUT2D eigenvalue weighted by molar-refractivity contribution is 0.0535. The Kier molecular flexibility index (Phi) is 5.42. The third kappa shape index (κ3) is 3.88. The van der Waals surface area contributed by atoms with E-state index < -0.39 is 0 Å². The number of hydrogen-bond donors (Lipinski definition) is 1. The summed E-state index contributed by atoms with van der Waals surface area (Å²) in [7, 11) is 0. The molecule has 4 aromatic rings. The number of esters is 1. The SMILES string of the molecule is Cc1c(CCN(CCO)Cc2cnn(-c3ccn4nccc4n3)c2)ccc2c1COC2=O. The van der Waals surface area contributed by atoms with Crippen LogP contribution in [-0.4, -0.2) is 60.1 Å². The van der Waals surface area contributed by atoms with Gasteiger partial charge in [0.2, 0.25) is 0 Å². The van der Waals surface area contributed by atoms with Gasteiger partial charge < -0.3 is 9.84 Å². The largest absolute Gasteiger partial charge is 0.457 e. The van der Waals surface area contributed by atoms with Gasteiger partial charge in [-0.05, 0) is 30.5 Å². The van der Waals surface area contributed by atoms with Crippen LogP contribution < -0.4 is 0 Å². The van der Waals surface area contributed by atoms with Crippen molar-refractivity contribution < 1.29 is 14.6 Å². The monoisotopic (exact) mass is 432 g/mol. The van der Waals surface area contributed by atoms with Gasteiger partial charge in [0.25, 0.3) is 0 Å². The first-order chi connectivity index (χ1) is 15.6. The summed E-state index contributed by atoms with van der Waals surface area (Å²) in [5, 5.41) is 18.2. The van der Waals surface area contributed by atoms with E-state index >= 15 is 0 Å². The Hall–Kier alpha value is -3.56. The van der Waals surface area contributed by atoms with Crippen LogP contribution in [0, 0.1) is 6.92 Å². The van der Waals surface area contributed by atoms with Gasteiger partial charge in [-0.25, -0.2) is 19.0 Å². The van der Waals surface area contributed by atoms with Crippen LogP contribution in [0.3, 0.4) is 0 Å². The number of ether oxygens (including phenoxy) is 1. The summed E-state index contributed by atoms with van der Waals surface area (Å²) in [4.78, 5) is 18.5. The van der Waals surface area contributed by atoms with Crippen molar-refractivity contribution in [3.05, 3.63) is 76.9 Å². The van der Waals surface area contributed by atoms with Crippen LogP contribution in [0.2, 0.25) is 0 Å². The molecule has 0 amide bonds. The molecule has 0 spiro atoms. The Balaban J connectivity index is 1.28. The van der Waals surface area contributed by atoms with Gasteiger partial charge >= 0.3 is 5.97 Å². The quantitative estimate of drug-likeness (QED) is 0.425. The molecule has 32 heavy (non-hydrogen) atoms. The summed E-state index contributed by atoms with van der Waals surface area (Å²) in [6, 6.07) is 7.58. The Labute approximate surface area is 184 Å². The third-order valence-corrected chi connectivity index (χ3v) is 5.91. The molecule has 0 unspecified atom stereocenters. The van der Waals surface area contributed by atoms with Crippen molar-refractivity contribution in [2.75, 3.05) is 19.7 Å². The van der Waals surface area contributed by atoms with E-state index in [2.05, 4.69) is 20.1 Å². The zero-order valence-electron chi connectivity index (χ0n) is 17.8. The summed E-state index contributed by atoms with van der Waals surface area (Å²) in [5.41, 5.74) is 5.78. The highest BCUT2D eigenvalue weighted by molar-refractivity contribution is 5.93. The highest BCUT2D eigenvalue weighted by Gasteiger charge is 2.23. The standard InChI is InChI=1S/C23H24N6O3/c1-16-18(2-3-19-20(16)15-32-23(19)31)5-8-27(10-11-30)13-17-12-25-29(14-17)22-6-9-28-21(26-22)4-7-24-28/h2-4,6-7,9,12,14,30H,5,8,10-11,13,15H2,1H3. The van der Waals surface area contributed by atoms with Gasteiger partial charge in [0.1, 0.15) is 6.61 Å². The number of fused-ring (bicyclic) bond motifs is 2. The summed E-state index contributed by atoms with van der Waals surface area (Å²) in [5.74, 6) is 0.485. The van der Waals surface area contributed by atoms with Crippen LogP contribution in [0.1, 0.15) is 32.6 Å². The molecule has 1 N–H and O–H groups in total. The lowest BCUT2D eigenvalue weighted by atomic mass is 9.96. The number of nitrogens with zero attached hydrogens (tertiary/aromatic N) is 6. The molecule has 0 bridgehead atoms. The van der Waals surface area contributed by atoms with Crippen molar-refractivity contribution in [1.82, 2.24) is 29.3 Å². The second-order valence-electron chi connectivity index (χ2n) is 7.91. The van der Waals surface area contributed by atoms with E-state index in [1.54, 1.807) is 15.4 Å². The molecule has 0 radical (unpaired) electrons. The topological polar surface area (TPSA) is 97.8 Å². The maximum absolute atomic E-state index is 11.8. The number of cyclic esters (lactones) is 1. The number of hydrogen-bond acceptors (Lipinski definition) is 7. The number of benzene rings is 1. The lowest BCUT2D eigenvalue weighted by Crippen LogP contribution is -2.28. The summed E-state index contributed by atoms with van der Waals surface area (Å²) in [6.07, 6.45) is 8.18. The van der Waals surface area contributed by atoms with E-state index in [-0.39, 0.29) is 12.6 Å². The summed E-state index contributed by atoms with van der Waals surface area (Å²) in [6.45, 7) is 4.49. The molecule has 0 saturated heterocycles. The van der Waals surface area contributed by atoms with Crippen molar-refractivity contribution in [3.8, 4) is 5.82 Å². The third-order valence-electron chi connectivity index (χ3n) is 5.91. The number of carbonyl (C=O) groups excluding carboxylic acids is 1. The molecular weight excluding hydrogens is 408 g/mol. The van der Waals surface area contributed by atoms with Gasteiger partial charge in [-0.2, -0.15) is 10.2 Å². The van der Waals surface area contributed by atoms with Crippen molar-refractivity contribution in [2.45, 2.75) is 26.5 Å². The van der Waals surface area contributed by atoms with Crippen LogP contribution in [0.5, 0.6) is 0 Å². The van der Waals surface area contributed by atoms with Crippen LogP contribution in [0.25, 0.3) is 11.5 Å². The zero-order valence-corrected chi connectivity index (χ0v) is 17.8. The molecule has 5 rings (SSSR count). The smallest absolute Gasteiger partial charge is 0.338 e. The normalized spacial score (nSPS) is 13.2. The average Bonchev–Trinajstić information content (AvgIpc) is 3.53. The van der Waals surface area contributed by atoms with E-state index in [1.165, 1.54) is 5.56 Å². The first-order valence-corrected chi connectivity index (χ1v) is 10.6. The van der Waals surface area contributed by atoms with Gasteiger partial charge in [-0.3, -0.25) is 4.90 Å². The highest BCUT2D eigenvalue weighted by atomic mass is 16.5. The Bertz CT molecular complexity index is 1280. The van der Waals surface area contributed by atoms with Crippen LogP contribution >= 0.6 is 0 Å². The van der Waals surface area contributed by atoms with E-state index in [0.717, 1.165) is 41.1 Å². The lowest BCUT2D eigenvalue weighted by Gasteiger charge is -2.21.